The third-order valence-corrected chi connectivity index (χ3v) is 4.01. The van der Waals surface area contributed by atoms with Crippen molar-refractivity contribution in [2.45, 2.75) is 25.0 Å². The summed E-state index contributed by atoms with van der Waals surface area (Å²) in [6.45, 7) is 1.68. The smallest absolute Gasteiger partial charge is 0.315 e. The summed E-state index contributed by atoms with van der Waals surface area (Å²) in [5.74, 6) is -0.728. The standard InChI is InChI=1S/C16H23FN4O3/c17-12-3-1-11(2-4-12)14(22)9-19-16(24)20-13-5-7-21(8-6-13)10-15(18)23/h1-4,13-14,22H,5-10H2,(H2,18,23)(H2,19,20,24)/t14-/m1/s1. The van der Waals surface area contributed by atoms with Gasteiger partial charge in [-0.2, -0.15) is 0 Å². The summed E-state index contributed by atoms with van der Waals surface area (Å²) < 4.78 is 12.8. The number of nitrogens with two attached hydrogens (primary N) is 1. The minimum absolute atomic E-state index is 0.0251. The number of carbonyl (C=O) groups excluding carboxylic acids is 2. The lowest BCUT2D eigenvalue weighted by molar-refractivity contribution is -0.119. The van der Waals surface area contributed by atoms with Gasteiger partial charge in [0.25, 0.3) is 0 Å². The highest BCUT2D eigenvalue weighted by Gasteiger charge is 2.21. The molecule has 132 valence electrons. The van der Waals surface area contributed by atoms with Crippen molar-refractivity contribution in [3.63, 3.8) is 0 Å². The highest BCUT2D eigenvalue weighted by molar-refractivity contribution is 5.76. The Labute approximate surface area is 140 Å². The molecule has 1 aromatic carbocycles. The van der Waals surface area contributed by atoms with E-state index in [1.807, 2.05) is 4.90 Å². The van der Waals surface area contributed by atoms with Crippen molar-refractivity contribution >= 4 is 11.9 Å². The summed E-state index contributed by atoms with van der Waals surface area (Å²) in [6.07, 6.45) is 0.580. The summed E-state index contributed by atoms with van der Waals surface area (Å²) in [6, 6.07) is 5.15. The van der Waals surface area contributed by atoms with Crippen molar-refractivity contribution in [3.8, 4) is 0 Å². The van der Waals surface area contributed by atoms with Crippen LogP contribution in [0.3, 0.4) is 0 Å². The Hall–Kier alpha value is -2.19. The van der Waals surface area contributed by atoms with Gasteiger partial charge < -0.3 is 21.5 Å². The maximum atomic E-state index is 12.8. The SMILES string of the molecule is NC(=O)CN1CCC(NC(=O)NC[C@@H](O)c2ccc(F)cc2)CC1. The second kappa shape index (κ2) is 8.60. The van der Waals surface area contributed by atoms with Gasteiger partial charge in [0, 0.05) is 25.7 Å². The number of amides is 3. The zero-order valence-corrected chi connectivity index (χ0v) is 13.4. The number of benzene rings is 1. The zero-order valence-electron chi connectivity index (χ0n) is 13.4. The molecule has 1 aliphatic heterocycles. The largest absolute Gasteiger partial charge is 0.387 e. The number of piperidine rings is 1. The number of likely N-dealkylation sites (tertiary alicyclic amines) is 1. The Kier molecular flexibility index (Phi) is 6.51. The van der Waals surface area contributed by atoms with E-state index < -0.39 is 6.10 Å². The predicted molar refractivity (Wildman–Crippen MR) is 86.6 cm³/mol. The fourth-order valence-electron chi connectivity index (χ4n) is 2.68. The first kappa shape index (κ1) is 18.2. The van der Waals surface area contributed by atoms with E-state index >= 15 is 0 Å². The summed E-state index contributed by atoms with van der Waals surface area (Å²) in [5, 5.41) is 15.4. The number of hydrogen-bond donors (Lipinski definition) is 4. The first-order chi connectivity index (χ1) is 11.4. The van der Waals surface area contributed by atoms with Gasteiger partial charge in [-0.15, -0.1) is 0 Å². The molecule has 24 heavy (non-hydrogen) atoms. The Morgan fingerprint density at radius 3 is 2.50 bits per heavy atom. The number of primary amides is 1. The fourth-order valence-corrected chi connectivity index (χ4v) is 2.68. The number of halogens is 1. The average molecular weight is 338 g/mol. The summed E-state index contributed by atoms with van der Waals surface area (Å²) in [7, 11) is 0. The molecule has 0 radical (unpaired) electrons. The molecule has 1 heterocycles. The number of rotatable bonds is 6. The van der Waals surface area contributed by atoms with Gasteiger partial charge in [0.2, 0.25) is 5.91 Å². The first-order valence-electron chi connectivity index (χ1n) is 7.92. The molecule has 1 atom stereocenters. The van der Waals surface area contributed by atoms with Gasteiger partial charge in [0.15, 0.2) is 0 Å². The summed E-state index contributed by atoms with van der Waals surface area (Å²) in [5.41, 5.74) is 5.70. The van der Waals surface area contributed by atoms with Crippen LogP contribution in [0.4, 0.5) is 9.18 Å². The van der Waals surface area contributed by atoms with E-state index in [1.165, 1.54) is 24.3 Å². The van der Waals surface area contributed by atoms with Crippen LogP contribution in [-0.4, -0.2) is 54.2 Å². The molecular formula is C16H23FN4O3. The molecule has 0 unspecified atom stereocenters. The van der Waals surface area contributed by atoms with Gasteiger partial charge in [-0.1, -0.05) is 12.1 Å². The van der Waals surface area contributed by atoms with E-state index in [0.717, 1.165) is 12.8 Å². The van der Waals surface area contributed by atoms with Gasteiger partial charge >= 0.3 is 6.03 Å². The maximum absolute atomic E-state index is 12.8. The van der Waals surface area contributed by atoms with Crippen molar-refractivity contribution in [2.75, 3.05) is 26.2 Å². The van der Waals surface area contributed by atoms with Crippen LogP contribution in [0.2, 0.25) is 0 Å². The highest BCUT2D eigenvalue weighted by Crippen LogP contribution is 2.13. The van der Waals surface area contributed by atoms with E-state index in [-0.39, 0.29) is 36.9 Å². The Balaban J connectivity index is 1.68. The lowest BCUT2D eigenvalue weighted by Gasteiger charge is -2.31. The fraction of sp³-hybridized carbons (Fsp3) is 0.500. The van der Waals surface area contributed by atoms with Gasteiger partial charge in [0.05, 0.1) is 12.6 Å². The molecular weight excluding hydrogens is 315 g/mol. The summed E-state index contributed by atoms with van der Waals surface area (Å²) in [4.78, 5) is 24.7. The van der Waals surface area contributed by atoms with Crippen LogP contribution < -0.4 is 16.4 Å². The van der Waals surface area contributed by atoms with Crippen LogP contribution in [0.25, 0.3) is 0 Å². The number of nitrogens with zero attached hydrogens (tertiary/aromatic N) is 1. The molecule has 0 spiro atoms. The van der Waals surface area contributed by atoms with Crippen molar-refractivity contribution in [1.29, 1.82) is 0 Å². The Morgan fingerprint density at radius 1 is 1.29 bits per heavy atom. The molecule has 8 heteroatoms. The second-order valence-corrected chi connectivity index (χ2v) is 5.94. The topological polar surface area (TPSA) is 108 Å². The molecule has 2 rings (SSSR count). The van der Waals surface area contributed by atoms with Crippen LogP contribution in [0.1, 0.15) is 24.5 Å². The zero-order chi connectivity index (χ0) is 17.5. The van der Waals surface area contributed by atoms with Crippen LogP contribution in [-0.2, 0) is 4.79 Å². The maximum Gasteiger partial charge on any atom is 0.315 e. The molecule has 0 aromatic heterocycles. The molecule has 1 saturated heterocycles. The van der Waals surface area contributed by atoms with Gasteiger partial charge in [0.1, 0.15) is 5.82 Å². The third-order valence-electron chi connectivity index (χ3n) is 4.01. The van der Waals surface area contributed by atoms with Crippen LogP contribution in [0, 0.1) is 5.82 Å². The molecule has 0 aliphatic carbocycles. The molecule has 1 aromatic rings. The van der Waals surface area contributed by atoms with Crippen molar-refractivity contribution < 1.29 is 19.1 Å². The van der Waals surface area contributed by atoms with Crippen molar-refractivity contribution in [2.24, 2.45) is 5.73 Å². The van der Waals surface area contributed by atoms with Crippen LogP contribution in [0.15, 0.2) is 24.3 Å². The monoisotopic (exact) mass is 338 g/mol. The lowest BCUT2D eigenvalue weighted by Crippen LogP contribution is -2.49. The average Bonchev–Trinajstić information content (AvgIpc) is 2.54. The molecule has 0 saturated carbocycles. The minimum Gasteiger partial charge on any atom is -0.387 e. The molecule has 1 fully saturated rings. The molecule has 0 bridgehead atoms. The van der Waals surface area contributed by atoms with Gasteiger partial charge in [-0.3, -0.25) is 9.69 Å². The number of aliphatic hydroxyl groups excluding tert-OH is 1. The number of aliphatic hydroxyl groups is 1. The number of urea groups is 1. The minimum atomic E-state index is -0.895. The number of carbonyl (C=O) groups is 2. The predicted octanol–water partition coefficient (Wildman–Crippen LogP) is 0.108. The molecule has 5 N–H and O–H groups in total. The second-order valence-electron chi connectivity index (χ2n) is 5.94. The van der Waals surface area contributed by atoms with E-state index in [0.29, 0.717) is 18.7 Å². The Bertz CT molecular complexity index is 559. The van der Waals surface area contributed by atoms with E-state index in [4.69, 9.17) is 5.73 Å². The number of hydrogen-bond acceptors (Lipinski definition) is 4. The van der Waals surface area contributed by atoms with E-state index in [1.54, 1.807) is 0 Å². The van der Waals surface area contributed by atoms with Gasteiger partial charge in [-0.25, -0.2) is 9.18 Å². The van der Waals surface area contributed by atoms with Crippen molar-refractivity contribution in [3.05, 3.63) is 35.6 Å². The summed E-state index contributed by atoms with van der Waals surface area (Å²) >= 11 is 0. The lowest BCUT2D eigenvalue weighted by atomic mass is 10.1. The van der Waals surface area contributed by atoms with Crippen LogP contribution >= 0.6 is 0 Å². The highest BCUT2D eigenvalue weighted by atomic mass is 19.1. The normalized spacial score (nSPS) is 17.2. The molecule has 7 nitrogen and oxygen atoms in total. The van der Waals surface area contributed by atoms with Gasteiger partial charge in [-0.05, 0) is 30.5 Å². The number of nitrogens with one attached hydrogen (secondary N) is 2. The molecule has 3 amide bonds. The Morgan fingerprint density at radius 2 is 1.92 bits per heavy atom. The third kappa shape index (κ3) is 5.78. The quantitative estimate of drug-likeness (QED) is 0.590. The molecule has 1 aliphatic rings. The first-order valence-corrected chi connectivity index (χ1v) is 7.92. The van der Waals surface area contributed by atoms with Crippen molar-refractivity contribution in [1.82, 2.24) is 15.5 Å². The van der Waals surface area contributed by atoms with E-state index in [9.17, 15) is 19.1 Å². The van der Waals surface area contributed by atoms with E-state index in [2.05, 4.69) is 10.6 Å². The van der Waals surface area contributed by atoms with Crippen LogP contribution in [0.5, 0.6) is 0 Å².